The van der Waals surface area contributed by atoms with E-state index >= 15 is 0 Å². The average Bonchev–Trinajstić information content (AvgIpc) is 2.53. The van der Waals surface area contributed by atoms with Crippen molar-refractivity contribution in [3.63, 3.8) is 0 Å². The van der Waals surface area contributed by atoms with Crippen molar-refractivity contribution in [2.24, 2.45) is 5.92 Å². The predicted octanol–water partition coefficient (Wildman–Crippen LogP) is 2.03. The average molecular weight is 280 g/mol. The molecule has 5 heteroatoms. The van der Waals surface area contributed by atoms with Crippen molar-refractivity contribution < 1.29 is 14.3 Å². The summed E-state index contributed by atoms with van der Waals surface area (Å²) in [5, 5.41) is 0. The van der Waals surface area contributed by atoms with Gasteiger partial charge in [0.2, 0.25) is 5.91 Å². The Balaban J connectivity index is 1.77. The Labute approximate surface area is 120 Å². The molecule has 1 aliphatic heterocycles. The maximum Gasteiger partial charge on any atom is 0.410 e. The van der Waals surface area contributed by atoms with E-state index in [9.17, 15) is 9.59 Å². The molecule has 2 fully saturated rings. The molecule has 5 nitrogen and oxygen atoms in total. The van der Waals surface area contributed by atoms with Gasteiger partial charge in [-0.3, -0.25) is 4.79 Å². The molecular weight excluding hydrogens is 256 g/mol. The molecule has 1 aliphatic carbocycles. The van der Waals surface area contributed by atoms with Crippen LogP contribution in [0.1, 0.15) is 32.1 Å². The van der Waals surface area contributed by atoms with Crippen molar-refractivity contribution in [2.45, 2.75) is 32.1 Å². The van der Waals surface area contributed by atoms with Crippen LogP contribution in [0.25, 0.3) is 0 Å². The zero-order valence-electron chi connectivity index (χ0n) is 12.1. The highest BCUT2D eigenvalue weighted by molar-refractivity contribution is 5.79. The van der Waals surface area contributed by atoms with Crippen LogP contribution >= 0.6 is 0 Å². The standard InChI is InChI=1S/C15H24N2O3/c1-2-12-20-15(19)17-10-8-16(9-11-17)14(18)13-6-4-3-5-7-13/h2,13H,1,3-12H2. The molecule has 0 spiro atoms. The molecule has 1 saturated carbocycles. The van der Waals surface area contributed by atoms with Gasteiger partial charge in [-0.1, -0.05) is 31.9 Å². The first-order chi connectivity index (χ1) is 9.72. The van der Waals surface area contributed by atoms with Crippen LogP contribution in [0.5, 0.6) is 0 Å². The Morgan fingerprint density at radius 2 is 1.65 bits per heavy atom. The van der Waals surface area contributed by atoms with Gasteiger partial charge in [-0.25, -0.2) is 4.79 Å². The van der Waals surface area contributed by atoms with Crippen LogP contribution in [0.2, 0.25) is 0 Å². The van der Waals surface area contributed by atoms with Crippen LogP contribution in [0.4, 0.5) is 4.79 Å². The summed E-state index contributed by atoms with van der Waals surface area (Å²) >= 11 is 0. The Morgan fingerprint density at radius 3 is 2.25 bits per heavy atom. The summed E-state index contributed by atoms with van der Waals surface area (Å²) in [7, 11) is 0. The van der Waals surface area contributed by atoms with Crippen LogP contribution in [-0.2, 0) is 9.53 Å². The van der Waals surface area contributed by atoms with E-state index < -0.39 is 0 Å². The first-order valence-electron chi connectivity index (χ1n) is 7.53. The molecule has 0 aromatic heterocycles. The van der Waals surface area contributed by atoms with Crippen LogP contribution in [0.3, 0.4) is 0 Å². The lowest BCUT2D eigenvalue weighted by Crippen LogP contribution is -2.52. The third-order valence-corrected chi connectivity index (χ3v) is 4.13. The first-order valence-corrected chi connectivity index (χ1v) is 7.53. The number of ether oxygens (including phenoxy) is 1. The van der Waals surface area contributed by atoms with Gasteiger partial charge >= 0.3 is 6.09 Å². The molecule has 0 bridgehead atoms. The van der Waals surface area contributed by atoms with Gasteiger partial charge in [-0.15, -0.1) is 0 Å². The summed E-state index contributed by atoms with van der Waals surface area (Å²) in [5.41, 5.74) is 0. The molecule has 0 atom stereocenters. The van der Waals surface area contributed by atoms with Gasteiger partial charge in [0.25, 0.3) is 0 Å². The van der Waals surface area contributed by atoms with Crippen molar-refractivity contribution >= 4 is 12.0 Å². The third-order valence-electron chi connectivity index (χ3n) is 4.13. The lowest BCUT2D eigenvalue weighted by molar-refractivity contribution is -0.138. The summed E-state index contributed by atoms with van der Waals surface area (Å²) in [6.45, 7) is 6.13. The minimum absolute atomic E-state index is 0.211. The monoisotopic (exact) mass is 280 g/mol. The second kappa shape index (κ2) is 7.31. The van der Waals surface area contributed by atoms with Gasteiger partial charge in [0.05, 0.1) is 0 Å². The summed E-state index contributed by atoms with van der Waals surface area (Å²) < 4.78 is 5.01. The van der Waals surface area contributed by atoms with E-state index in [0.29, 0.717) is 26.2 Å². The third kappa shape index (κ3) is 3.74. The molecule has 2 rings (SSSR count). The smallest absolute Gasteiger partial charge is 0.410 e. The van der Waals surface area contributed by atoms with Gasteiger partial charge in [0, 0.05) is 32.1 Å². The topological polar surface area (TPSA) is 49.9 Å². The van der Waals surface area contributed by atoms with E-state index in [-0.39, 0.29) is 24.5 Å². The number of amides is 2. The van der Waals surface area contributed by atoms with Crippen molar-refractivity contribution in [2.75, 3.05) is 32.8 Å². The summed E-state index contributed by atoms with van der Waals surface area (Å²) in [5.74, 6) is 0.492. The van der Waals surface area contributed by atoms with E-state index in [1.54, 1.807) is 11.0 Å². The molecular formula is C15H24N2O3. The fraction of sp³-hybridized carbons (Fsp3) is 0.733. The highest BCUT2D eigenvalue weighted by Crippen LogP contribution is 2.25. The zero-order chi connectivity index (χ0) is 14.4. The fourth-order valence-corrected chi connectivity index (χ4v) is 2.94. The normalized spacial score (nSPS) is 20.6. The van der Waals surface area contributed by atoms with Gasteiger partial charge in [0.1, 0.15) is 6.61 Å². The van der Waals surface area contributed by atoms with Crippen molar-refractivity contribution in [1.82, 2.24) is 9.80 Å². The van der Waals surface area contributed by atoms with E-state index in [1.807, 2.05) is 4.90 Å². The Hall–Kier alpha value is -1.52. The number of hydrogen-bond donors (Lipinski definition) is 0. The van der Waals surface area contributed by atoms with Gasteiger partial charge in [0.15, 0.2) is 0 Å². The molecule has 2 aliphatic rings. The molecule has 1 saturated heterocycles. The SMILES string of the molecule is C=CCOC(=O)N1CCN(C(=O)C2CCCCC2)CC1. The van der Waals surface area contributed by atoms with E-state index in [4.69, 9.17) is 4.74 Å². The summed E-state index contributed by atoms with van der Waals surface area (Å²) in [4.78, 5) is 27.6. The number of piperazine rings is 1. The molecule has 0 aromatic rings. The van der Waals surface area contributed by atoms with Crippen LogP contribution in [0.15, 0.2) is 12.7 Å². The number of nitrogens with zero attached hydrogens (tertiary/aromatic N) is 2. The maximum atomic E-state index is 12.4. The van der Waals surface area contributed by atoms with Crippen LogP contribution in [-0.4, -0.2) is 54.6 Å². The maximum absolute atomic E-state index is 12.4. The molecule has 0 radical (unpaired) electrons. The lowest BCUT2D eigenvalue weighted by Gasteiger charge is -2.36. The molecule has 0 N–H and O–H groups in total. The Bertz CT molecular complexity index is 356. The summed E-state index contributed by atoms with van der Waals surface area (Å²) in [6, 6.07) is 0. The molecule has 0 unspecified atom stereocenters. The largest absolute Gasteiger partial charge is 0.445 e. The van der Waals surface area contributed by atoms with Crippen molar-refractivity contribution in [1.29, 1.82) is 0 Å². The van der Waals surface area contributed by atoms with Crippen LogP contribution in [0, 0.1) is 5.92 Å². The Kier molecular flexibility index (Phi) is 5.44. The summed E-state index contributed by atoms with van der Waals surface area (Å²) in [6.07, 6.45) is 6.90. The van der Waals surface area contributed by atoms with Crippen molar-refractivity contribution in [3.05, 3.63) is 12.7 Å². The lowest BCUT2D eigenvalue weighted by atomic mass is 9.88. The minimum atomic E-state index is -0.310. The number of hydrogen-bond acceptors (Lipinski definition) is 3. The zero-order valence-corrected chi connectivity index (χ0v) is 12.1. The van der Waals surface area contributed by atoms with Gasteiger partial charge < -0.3 is 14.5 Å². The number of carbonyl (C=O) groups excluding carboxylic acids is 2. The highest BCUT2D eigenvalue weighted by Gasteiger charge is 2.29. The quantitative estimate of drug-likeness (QED) is 0.743. The number of carbonyl (C=O) groups is 2. The minimum Gasteiger partial charge on any atom is -0.445 e. The second-order valence-corrected chi connectivity index (χ2v) is 5.51. The van der Waals surface area contributed by atoms with Gasteiger partial charge in [-0.05, 0) is 12.8 Å². The highest BCUT2D eigenvalue weighted by atomic mass is 16.6. The van der Waals surface area contributed by atoms with Crippen LogP contribution < -0.4 is 0 Å². The first kappa shape index (κ1) is 14.9. The van der Waals surface area contributed by atoms with Gasteiger partial charge in [-0.2, -0.15) is 0 Å². The molecule has 112 valence electrons. The second-order valence-electron chi connectivity index (χ2n) is 5.51. The van der Waals surface area contributed by atoms with E-state index in [0.717, 1.165) is 12.8 Å². The molecule has 20 heavy (non-hydrogen) atoms. The van der Waals surface area contributed by atoms with E-state index in [1.165, 1.54) is 19.3 Å². The number of rotatable bonds is 3. The molecule has 1 heterocycles. The van der Waals surface area contributed by atoms with Crippen molar-refractivity contribution in [3.8, 4) is 0 Å². The Morgan fingerprint density at radius 1 is 1.05 bits per heavy atom. The van der Waals surface area contributed by atoms with E-state index in [2.05, 4.69) is 6.58 Å². The predicted molar refractivity (Wildman–Crippen MR) is 76.3 cm³/mol. The molecule has 0 aromatic carbocycles. The fourth-order valence-electron chi connectivity index (χ4n) is 2.94. The molecule has 2 amide bonds.